The number of nitrogens with zero attached hydrogens (tertiary/aromatic N) is 1. The molecule has 2 N–H and O–H groups in total. The molecular weight excluding hydrogens is 188 g/mol. The molecule has 82 valence electrons. The summed E-state index contributed by atoms with van der Waals surface area (Å²) in [4.78, 5) is 4.00. The van der Waals surface area contributed by atoms with Crippen LogP contribution in [0.1, 0.15) is 18.4 Å². The first-order valence-electron chi connectivity index (χ1n) is 5.58. The molecule has 0 amide bonds. The highest BCUT2D eigenvalue weighted by molar-refractivity contribution is 5.11. The molecule has 3 nitrogen and oxygen atoms in total. The van der Waals surface area contributed by atoms with Gasteiger partial charge in [-0.1, -0.05) is 0 Å². The third-order valence-electron chi connectivity index (χ3n) is 3.09. The van der Waals surface area contributed by atoms with Crippen molar-refractivity contribution in [3.63, 3.8) is 0 Å². The van der Waals surface area contributed by atoms with Crippen molar-refractivity contribution in [2.24, 2.45) is 11.7 Å². The Morgan fingerprint density at radius 3 is 2.67 bits per heavy atom. The van der Waals surface area contributed by atoms with E-state index in [4.69, 9.17) is 10.5 Å². The number of rotatable bonds is 3. The highest BCUT2D eigenvalue weighted by Crippen LogP contribution is 2.19. The maximum atomic E-state index is 6.20. The molecule has 1 saturated heterocycles. The molecule has 1 fully saturated rings. The molecule has 1 aliphatic heterocycles. The van der Waals surface area contributed by atoms with Crippen molar-refractivity contribution in [1.82, 2.24) is 4.98 Å². The Bertz CT molecular complexity index is 283. The summed E-state index contributed by atoms with van der Waals surface area (Å²) in [5.41, 5.74) is 7.49. The fraction of sp³-hybridized carbons (Fsp3) is 0.583. The van der Waals surface area contributed by atoms with Crippen LogP contribution in [0.3, 0.4) is 0 Å². The van der Waals surface area contributed by atoms with Gasteiger partial charge in [-0.25, -0.2) is 0 Å². The van der Waals surface area contributed by atoms with Gasteiger partial charge in [0.25, 0.3) is 0 Å². The Morgan fingerprint density at radius 2 is 2.00 bits per heavy atom. The molecule has 1 atom stereocenters. The minimum atomic E-state index is 0.260. The van der Waals surface area contributed by atoms with Gasteiger partial charge >= 0.3 is 0 Å². The standard InChI is InChI=1S/C12H18N2O/c13-12(11-3-7-15-8-4-11)9-10-1-5-14-6-2-10/h1-2,5-6,11-12H,3-4,7-9,13H2. The Hall–Kier alpha value is -0.930. The average Bonchev–Trinajstić information content (AvgIpc) is 2.31. The average molecular weight is 206 g/mol. The van der Waals surface area contributed by atoms with Crippen LogP contribution < -0.4 is 5.73 Å². The lowest BCUT2D eigenvalue weighted by atomic mass is 9.88. The second kappa shape index (κ2) is 5.24. The zero-order valence-electron chi connectivity index (χ0n) is 8.93. The van der Waals surface area contributed by atoms with E-state index in [1.165, 1.54) is 5.56 Å². The summed E-state index contributed by atoms with van der Waals surface area (Å²) < 4.78 is 5.33. The SMILES string of the molecule is NC(Cc1ccncc1)C1CCOCC1. The zero-order chi connectivity index (χ0) is 10.5. The second-order valence-corrected chi connectivity index (χ2v) is 4.17. The van der Waals surface area contributed by atoms with Crippen molar-refractivity contribution in [2.75, 3.05) is 13.2 Å². The van der Waals surface area contributed by atoms with Gasteiger partial charge in [-0.3, -0.25) is 4.98 Å². The largest absolute Gasteiger partial charge is 0.381 e. The van der Waals surface area contributed by atoms with E-state index in [1.54, 1.807) is 0 Å². The van der Waals surface area contributed by atoms with Crippen LogP contribution in [0.25, 0.3) is 0 Å². The monoisotopic (exact) mass is 206 g/mol. The molecule has 0 bridgehead atoms. The summed E-state index contributed by atoms with van der Waals surface area (Å²) in [6.07, 6.45) is 6.81. The van der Waals surface area contributed by atoms with Gasteiger partial charge in [0.1, 0.15) is 0 Å². The van der Waals surface area contributed by atoms with Crippen molar-refractivity contribution in [3.8, 4) is 0 Å². The first-order valence-corrected chi connectivity index (χ1v) is 5.58. The zero-order valence-corrected chi connectivity index (χ0v) is 8.93. The fourth-order valence-electron chi connectivity index (χ4n) is 2.10. The topological polar surface area (TPSA) is 48.1 Å². The molecule has 1 aromatic rings. The van der Waals surface area contributed by atoms with Gasteiger partial charge in [0.05, 0.1) is 0 Å². The molecule has 0 radical (unpaired) electrons. The number of hydrogen-bond acceptors (Lipinski definition) is 3. The van der Waals surface area contributed by atoms with Crippen molar-refractivity contribution >= 4 is 0 Å². The van der Waals surface area contributed by atoms with Gasteiger partial charge in [-0.15, -0.1) is 0 Å². The normalized spacial score (nSPS) is 20.1. The third-order valence-corrected chi connectivity index (χ3v) is 3.09. The van der Waals surface area contributed by atoms with Crippen LogP contribution in [-0.2, 0) is 11.2 Å². The minimum absolute atomic E-state index is 0.260. The Kier molecular flexibility index (Phi) is 3.69. The van der Waals surface area contributed by atoms with Crippen molar-refractivity contribution < 1.29 is 4.74 Å². The summed E-state index contributed by atoms with van der Waals surface area (Å²) in [5, 5.41) is 0. The molecule has 1 aromatic heterocycles. The molecule has 2 heterocycles. The first kappa shape index (κ1) is 10.6. The Labute approximate surface area is 90.7 Å². The van der Waals surface area contributed by atoms with Crippen LogP contribution in [-0.4, -0.2) is 24.2 Å². The highest BCUT2D eigenvalue weighted by Gasteiger charge is 2.20. The van der Waals surface area contributed by atoms with Crippen LogP contribution in [0.15, 0.2) is 24.5 Å². The number of pyridine rings is 1. The quantitative estimate of drug-likeness (QED) is 0.812. The van der Waals surface area contributed by atoms with Gasteiger partial charge in [0.15, 0.2) is 0 Å². The molecular formula is C12H18N2O. The lowest BCUT2D eigenvalue weighted by molar-refractivity contribution is 0.0585. The summed E-state index contributed by atoms with van der Waals surface area (Å²) in [6.45, 7) is 1.74. The van der Waals surface area contributed by atoms with Crippen molar-refractivity contribution in [2.45, 2.75) is 25.3 Å². The predicted molar refractivity (Wildman–Crippen MR) is 59.5 cm³/mol. The van der Waals surface area contributed by atoms with E-state index in [2.05, 4.69) is 4.98 Å². The van der Waals surface area contributed by atoms with Gasteiger partial charge in [0, 0.05) is 31.6 Å². The van der Waals surface area contributed by atoms with E-state index in [1.807, 2.05) is 24.5 Å². The third kappa shape index (κ3) is 3.01. The summed E-state index contributed by atoms with van der Waals surface area (Å²) in [7, 11) is 0. The maximum absolute atomic E-state index is 6.20. The summed E-state index contributed by atoms with van der Waals surface area (Å²) in [5.74, 6) is 0.618. The highest BCUT2D eigenvalue weighted by atomic mass is 16.5. The Balaban J connectivity index is 1.88. The van der Waals surface area contributed by atoms with E-state index >= 15 is 0 Å². The molecule has 15 heavy (non-hydrogen) atoms. The van der Waals surface area contributed by atoms with Gasteiger partial charge in [-0.2, -0.15) is 0 Å². The van der Waals surface area contributed by atoms with Gasteiger partial charge in [-0.05, 0) is 42.9 Å². The fourth-order valence-corrected chi connectivity index (χ4v) is 2.10. The molecule has 1 unspecified atom stereocenters. The van der Waals surface area contributed by atoms with Crippen LogP contribution >= 0.6 is 0 Å². The van der Waals surface area contributed by atoms with E-state index in [0.29, 0.717) is 5.92 Å². The van der Waals surface area contributed by atoms with E-state index in [0.717, 1.165) is 32.5 Å². The maximum Gasteiger partial charge on any atom is 0.0469 e. The van der Waals surface area contributed by atoms with Crippen molar-refractivity contribution in [1.29, 1.82) is 0 Å². The number of ether oxygens (including phenoxy) is 1. The number of aromatic nitrogens is 1. The van der Waals surface area contributed by atoms with Crippen molar-refractivity contribution in [3.05, 3.63) is 30.1 Å². The molecule has 1 aliphatic rings. The summed E-state index contributed by atoms with van der Waals surface area (Å²) in [6, 6.07) is 4.34. The summed E-state index contributed by atoms with van der Waals surface area (Å²) >= 11 is 0. The molecule has 3 heteroatoms. The first-order chi connectivity index (χ1) is 7.36. The smallest absolute Gasteiger partial charge is 0.0469 e. The van der Waals surface area contributed by atoms with E-state index in [-0.39, 0.29) is 6.04 Å². The minimum Gasteiger partial charge on any atom is -0.381 e. The molecule has 0 saturated carbocycles. The van der Waals surface area contributed by atoms with Gasteiger partial charge in [0.2, 0.25) is 0 Å². The molecule has 2 rings (SSSR count). The Morgan fingerprint density at radius 1 is 1.33 bits per heavy atom. The van der Waals surface area contributed by atoms with Crippen LogP contribution in [0.4, 0.5) is 0 Å². The number of nitrogens with two attached hydrogens (primary N) is 1. The van der Waals surface area contributed by atoms with Crippen LogP contribution in [0, 0.1) is 5.92 Å². The second-order valence-electron chi connectivity index (χ2n) is 4.17. The van der Waals surface area contributed by atoms with E-state index in [9.17, 15) is 0 Å². The number of hydrogen-bond donors (Lipinski definition) is 1. The van der Waals surface area contributed by atoms with E-state index < -0.39 is 0 Å². The lowest BCUT2D eigenvalue weighted by Crippen LogP contribution is -2.36. The van der Waals surface area contributed by atoms with Crippen LogP contribution in [0.5, 0.6) is 0 Å². The lowest BCUT2D eigenvalue weighted by Gasteiger charge is -2.27. The molecule has 0 spiro atoms. The predicted octanol–water partition coefficient (Wildman–Crippen LogP) is 1.38. The van der Waals surface area contributed by atoms with Crippen LogP contribution in [0.2, 0.25) is 0 Å². The molecule has 0 aliphatic carbocycles. The molecule has 0 aromatic carbocycles. The van der Waals surface area contributed by atoms with Gasteiger partial charge < -0.3 is 10.5 Å².